The lowest BCUT2D eigenvalue weighted by Crippen LogP contribution is -2.44. The number of aryl methyl sites for hydroxylation is 2. The third-order valence-corrected chi connectivity index (χ3v) is 4.43. The molecule has 8 heteroatoms. The van der Waals surface area contributed by atoms with Crippen LogP contribution in [-0.4, -0.2) is 54.6 Å². The van der Waals surface area contributed by atoms with E-state index in [-0.39, 0.29) is 17.8 Å². The number of likely N-dealkylation sites (tertiary alicyclic amines) is 1. The zero-order valence-electron chi connectivity index (χ0n) is 14.8. The number of amides is 1. The molecule has 0 bridgehead atoms. The molecule has 0 N–H and O–H groups in total. The third kappa shape index (κ3) is 3.22. The minimum absolute atomic E-state index is 0.0470. The first-order valence-corrected chi connectivity index (χ1v) is 8.67. The number of ether oxygens (including phenoxy) is 1. The lowest BCUT2D eigenvalue weighted by Gasteiger charge is -2.32. The van der Waals surface area contributed by atoms with Crippen LogP contribution in [0.1, 0.15) is 34.8 Å². The quantitative estimate of drug-likeness (QED) is 0.715. The number of nitrogens with zero attached hydrogens (tertiary/aromatic N) is 6. The molecule has 1 unspecified atom stereocenters. The molecule has 0 aromatic carbocycles. The Bertz CT molecular complexity index is 940. The third-order valence-electron chi connectivity index (χ3n) is 4.43. The van der Waals surface area contributed by atoms with Gasteiger partial charge in [0, 0.05) is 30.3 Å². The second-order valence-corrected chi connectivity index (χ2v) is 6.50. The van der Waals surface area contributed by atoms with Crippen LogP contribution in [0.15, 0.2) is 30.6 Å². The molecule has 1 fully saturated rings. The maximum Gasteiger partial charge on any atom is 0.293 e. The average molecular weight is 352 g/mol. The summed E-state index contributed by atoms with van der Waals surface area (Å²) < 4.78 is 7.58. The van der Waals surface area contributed by atoms with Crippen molar-refractivity contribution >= 4 is 11.7 Å². The van der Waals surface area contributed by atoms with Gasteiger partial charge in [0.1, 0.15) is 11.9 Å². The Morgan fingerprint density at radius 3 is 2.85 bits per heavy atom. The summed E-state index contributed by atoms with van der Waals surface area (Å²) >= 11 is 0. The first-order chi connectivity index (χ1) is 12.6. The molecule has 0 spiro atoms. The molecule has 1 amide bonds. The summed E-state index contributed by atoms with van der Waals surface area (Å²) in [5.41, 5.74) is 1.75. The highest BCUT2D eigenvalue weighted by Crippen LogP contribution is 2.19. The van der Waals surface area contributed by atoms with Gasteiger partial charge in [-0.2, -0.15) is 4.98 Å². The molecule has 4 heterocycles. The summed E-state index contributed by atoms with van der Waals surface area (Å²) in [6.07, 6.45) is 5.13. The van der Waals surface area contributed by atoms with E-state index < -0.39 is 0 Å². The van der Waals surface area contributed by atoms with Crippen molar-refractivity contribution in [3.63, 3.8) is 0 Å². The van der Waals surface area contributed by atoms with Crippen LogP contribution in [0.4, 0.5) is 0 Å². The van der Waals surface area contributed by atoms with Crippen LogP contribution in [0.2, 0.25) is 0 Å². The molecular weight excluding hydrogens is 332 g/mol. The normalized spacial score (nSPS) is 17.5. The molecule has 1 aliphatic rings. The Hall–Kier alpha value is -3.03. The van der Waals surface area contributed by atoms with Gasteiger partial charge in [-0.05, 0) is 44.9 Å². The van der Waals surface area contributed by atoms with E-state index >= 15 is 0 Å². The number of piperidine rings is 1. The summed E-state index contributed by atoms with van der Waals surface area (Å²) in [7, 11) is 0. The fourth-order valence-electron chi connectivity index (χ4n) is 3.23. The van der Waals surface area contributed by atoms with Crippen molar-refractivity contribution in [1.29, 1.82) is 0 Å². The Morgan fingerprint density at radius 1 is 1.23 bits per heavy atom. The summed E-state index contributed by atoms with van der Waals surface area (Å²) in [6, 6.07) is 5.55. The van der Waals surface area contributed by atoms with Crippen LogP contribution in [0.3, 0.4) is 0 Å². The van der Waals surface area contributed by atoms with Crippen LogP contribution < -0.4 is 4.74 Å². The Labute approximate surface area is 150 Å². The van der Waals surface area contributed by atoms with Crippen LogP contribution >= 0.6 is 0 Å². The molecule has 0 aliphatic carbocycles. The average Bonchev–Trinajstić information content (AvgIpc) is 3.06. The molecular formula is C18H20N6O2. The first kappa shape index (κ1) is 16.4. The highest BCUT2D eigenvalue weighted by Gasteiger charge is 2.28. The van der Waals surface area contributed by atoms with Crippen LogP contribution in [0, 0.1) is 13.8 Å². The van der Waals surface area contributed by atoms with E-state index in [2.05, 4.69) is 20.1 Å². The van der Waals surface area contributed by atoms with E-state index in [1.807, 2.05) is 32.0 Å². The monoisotopic (exact) mass is 352 g/mol. The van der Waals surface area contributed by atoms with Crippen molar-refractivity contribution in [2.24, 2.45) is 0 Å². The van der Waals surface area contributed by atoms with Crippen molar-refractivity contribution in [1.82, 2.24) is 29.5 Å². The van der Waals surface area contributed by atoms with Gasteiger partial charge in [0.05, 0.1) is 6.54 Å². The number of hydrogen-bond donors (Lipinski definition) is 0. The summed E-state index contributed by atoms with van der Waals surface area (Å²) in [6.45, 7) is 5.01. The van der Waals surface area contributed by atoms with Gasteiger partial charge in [0.25, 0.3) is 11.7 Å². The summed E-state index contributed by atoms with van der Waals surface area (Å²) in [4.78, 5) is 27.3. The lowest BCUT2D eigenvalue weighted by molar-refractivity contribution is 0.0527. The van der Waals surface area contributed by atoms with Gasteiger partial charge in [-0.25, -0.2) is 9.50 Å². The molecule has 8 nitrogen and oxygen atoms in total. The van der Waals surface area contributed by atoms with Gasteiger partial charge < -0.3 is 9.64 Å². The molecule has 3 aromatic heterocycles. The predicted octanol–water partition coefficient (Wildman–Crippen LogP) is 1.82. The molecule has 1 atom stereocenters. The van der Waals surface area contributed by atoms with Crippen molar-refractivity contribution in [3.8, 4) is 5.75 Å². The topological polar surface area (TPSA) is 85.5 Å². The molecule has 3 aromatic rings. The van der Waals surface area contributed by atoms with Crippen molar-refractivity contribution < 1.29 is 9.53 Å². The number of fused-ring (bicyclic) bond motifs is 1. The number of carbonyl (C=O) groups is 1. The maximum absolute atomic E-state index is 12.9. The minimum Gasteiger partial charge on any atom is -0.488 e. The molecule has 0 radical (unpaired) electrons. The largest absolute Gasteiger partial charge is 0.488 e. The molecule has 26 heavy (non-hydrogen) atoms. The summed E-state index contributed by atoms with van der Waals surface area (Å²) in [5.74, 6) is 1.21. The maximum atomic E-state index is 12.9. The van der Waals surface area contributed by atoms with E-state index in [9.17, 15) is 4.79 Å². The minimum atomic E-state index is -0.185. The fourth-order valence-corrected chi connectivity index (χ4v) is 3.23. The lowest BCUT2D eigenvalue weighted by atomic mass is 10.1. The molecule has 0 saturated carbocycles. The van der Waals surface area contributed by atoms with Gasteiger partial charge in [0.2, 0.25) is 5.82 Å². The fraction of sp³-hybridized carbons (Fsp3) is 0.389. The number of carbonyl (C=O) groups excluding carboxylic acids is 1. The number of rotatable bonds is 3. The number of pyridine rings is 1. The smallest absolute Gasteiger partial charge is 0.293 e. The van der Waals surface area contributed by atoms with E-state index in [4.69, 9.17) is 4.74 Å². The van der Waals surface area contributed by atoms with E-state index in [0.717, 1.165) is 30.0 Å². The standard InChI is InChI=1S/C18H20N6O2/c1-12-10-13(2)24-18(20-12)21-16(22-24)17(25)23-9-3-4-15(11-23)26-14-5-7-19-8-6-14/h5-8,10,15H,3-4,9,11H2,1-2H3. The van der Waals surface area contributed by atoms with Gasteiger partial charge in [-0.3, -0.25) is 9.78 Å². The Kier molecular flexibility index (Phi) is 4.24. The highest BCUT2D eigenvalue weighted by atomic mass is 16.5. The summed E-state index contributed by atoms with van der Waals surface area (Å²) in [5, 5.41) is 4.34. The van der Waals surface area contributed by atoms with Crippen LogP contribution in [0.25, 0.3) is 5.78 Å². The molecule has 4 rings (SSSR count). The van der Waals surface area contributed by atoms with E-state index in [1.54, 1.807) is 21.8 Å². The SMILES string of the molecule is Cc1cc(C)n2nc(C(=O)N3CCCC(Oc4ccncc4)C3)nc2n1. The number of hydrogen-bond acceptors (Lipinski definition) is 6. The molecule has 134 valence electrons. The first-order valence-electron chi connectivity index (χ1n) is 8.67. The second-order valence-electron chi connectivity index (χ2n) is 6.50. The number of aromatic nitrogens is 5. The zero-order valence-corrected chi connectivity index (χ0v) is 14.8. The van der Waals surface area contributed by atoms with Gasteiger partial charge >= 0.3 is 0 Å². The van der Waals surface area contributed by atoms with Gasteiger partial charge in [0.15, 0.2) is 0 Å². The van der Waals surface area contributed by atoms with E-state index in [1.165, 1.54) is 0 Å². The predicted molar refractivity (Wildman–Crippen MR) is 94.0 cm³/mol. The highest BCUT2D eigenvalue weighted by molar-refractivity contribution is 5.91. The second kappa shape index (κ2) is 6.70. The van der Waals surface area contributed by atoms with Gasteiger partial charge in [-0.15, -0.1) is 5.10 Å². The Balaban J connectivity index is 1.51. The van der Waals surface area contributed by atoms with Crippen molar-refractivity contribution in [2.75, 3.05) is 13.1 Å². The molecule has 1 aliphatic heterocycles. The van der Waals surface area contributed by atoms with Gasteiger partial charge in [-0.1, -0.05) is 0 Å². The van der Waals surface area contributed by atoms with Crippen molar-refractivity contribution in [2.45, 2.75) is 32.8 Å². The zero-order chi connectivity index (χ0) is 18.1. The van der Waals surface area contributed by atoms with E-state index in [0.29, 0.717) is 18.9 Å². The van der Waals surface area contributed by atoms with Crippen LogP contribution in [0.5, 0.6) is 5.75 Å². The Morgan fingerprint density at radius 2 is 2.04 bits per heavy atom. The van der Waals surface area contributed by atoms with Crippen LogP contribution in [-0.2, 0) is 0 Å². The van der Waals surface area contributed by atoms with Crippen molar-refractivity contribution in [3.05, 3.63) is 47.8 Å². The molecule has 1 saturated heterocycles.